The summed E-state index contributed by atoms with van der Waals surface area (Å²) in [6.45, 7) is 19.7. The Kier molecular flexibility index (Phi) is 28.9. The summed E-state index contributed by atoms with van der Waals surface area (Å²) in [5, 5.41) is 36.4. The summed E-state index contributed by atoms with van der Waals surface area (Å²) in [5.74, 6) is -2.44. The van der Waals surface area contributed by atoms with Crippen molar-refractivity contribution in [3.63, 3.8) is 0 Å². The second-order valence-corrected chi connectivity index (χ2v) is 19.8. The number of carbonyl (C=O) groups excluding carboxylic acids is 4. The van der Waals surface area contributed by atoms with E-state index in [9.17, 15) is 29.1 Å². The molecule has 0 saturated carbocycles. The van der Waals surface area contributed by atoms with Gasteiger partial charge in [-0.05, 0) is 66.2 Å². The molecule has 434 valence electrons. The maximum Gasteiger partial charge on any atom is 0.258 e. The molecule has 2 aromatic carbocycles. The van der Waals surface area contributed by atoms with Gasteiger partial charge in [-0.2, -0.15) is 0 Å². The standard InChI is InChI=1S/C54H88N14O10/c1-32(2)14-16-36-40(76-30-44(69)67-38(12-10-18-65-53(55)56)51(73)63-26-22-59-20-24-61-34(5)6)28-42-47(48(36)71)49(72)46-37(17-15-33(3)4)50(75-9)43(29-41(46)78-42)77-31-45(70)68-39(13-11-19-66-54(57)58)52(74)64-27-23-60-21-25-62-35(7)8/h14-15,28-29,34-35,38-39,59-62,71H,10-13,16-27,30-31H2,1-9H3,(H,63,73)(H,64,74)(H,67,69)(H,68,70)(H4,55,56,65)(H4,57,58,66). The molecule has 2 unspecified atom stereocenters. The van der Waals surface area contributed by atoms with Gasteiger partial charge >= 0.3 is 0 Å². The maximum absolute atomic E-state index is 14.8. The molecule has 0 saturated heterocycles. The van der Waals surface area contributed by atoms with Crippen LogP contribution in [-0.4, -0.2) is 151 Å². The van der Waals surface area contributed by atoms with E-state index in [1.165, 1.54) is 19.2 Å². The second-order valence-electron chi connectivity index (χ2n) is 19.8. The van der Waals surface area contributed by atoms with E-state index in [1.54, 1.807) is 0 Å². The smallest absolute Gasteiger partial charge is 0.258 e. The fourth-order valence-electron chi connectivity index (χ4n) is 7.91. The molecular weight excluding hydrogens is 1000 g/mol. The number of nitrogens with zero attached hydrogens (tertiary/aromatic N) is 2. The van der Waals surface area contributed by atoms with Gasteiger partial charge in [0, 0.05) is 101 Å². The lowest BCUT2D eigenvalue weighted by Crippen LogP contribution is -2.49. The van der Waals surface area contributed by atoms with Gasteiger partial charge in [0.1, 0.15) is 40.1 Å². The van der Waals surface area contributed by atoms with Crippen LogP contribution in [0.2, 0.25) is 0 Å². The Bertz CT molecular complexity index is 2620. The summed E-state index contributed by atoms with van der Waals surface area (Å²) in [6, 6.07) is 1.63. The number of hydrogen-bond donors (Lipinski definition) is 13. The number of methoxy groups -OCH3 is 1. The molecule has 1 heterocycles. The number of guanidine groups is 2. The van der Waals surface area contributed by atoms with E-state index < -0.39 is 60.1 Å². The number of benzene rings is 2. The Balaban J connectivity index is 2.00. The number of ether oxygens (including phenoxy) is 3. The van der Waals surface area contributed by atoms with Crippen LogP contribution in [0, 0.1) is 0 Å². The third-order valence-electron chi connectivity index (χ3n) is 11.8. The number of phenolic OH excluding ortho intramolecular Hbond substituents is 1. The quantitative estimate of drug-likeness (QED) is 0.0125. The summed E-state index contributed by atoms with van der Waals surface area (Å²) >= 11 is 0. The van der Waals surface area contributed by atoms with E-state index in [1.807, 2.05) is 39.8 Å². The minimum absolute atomic E-state index is 0.0311. The number of nitrogens with two attached hydrogens (primary N) is 4. The molecule has 4 amide bonds. The lowest BCUT2D eigenvalue weighted by atomic mass is 9.98. The van der Waals surface area contributed by atoms with Gasteiger partial charge in [0.05, 0.1) is 12.5 Å². The minimum atomic E-state index is -0.958. The van der Waals surface area contributed by atoms with Crippen LogP contribution < -0.4 is 85.1 Å². The predicted octanol–water partition coefficient (Wildman–Crippen LogP) is 0.920. The van der Waals surface area contributed by atoms with Crippen molar-refractivity contribution in [1.82, 2.24) is 42.5 Å². The molecule has 3 aromatic rings. The van der Waals surface area contributed by atoms with E-state index in [-0.39, 0.29) is 95.4 Å². The number of allylic oxidation sites excluding steroid dienone is 4. The van der Waals surface area contributed by atoms with Crippen molar-refractivity contribution in [2.45, 2.75) is 118 Å². The Hall–Kier alpha value is -7.15. The van der Waals surface area contributed by atoms with Gasteiger partial charge in [0.2, 0.25) is 17.2 Å². The Labute approximate surface area is 458 Å². The summed E-state index contributed by atoms with van der Waals surface area (Å²) < 4.78 is 24.5. The molecule has 0 bridgehead atoms. The zero-order valence-electron chi connectivity index (χ0n) is 47.2. The van der Waals surface area contributed by atoms with Gasteiger partial charge in [-0.15, -0.1) is 0 Å². The van der Waals surface area contributed by atoms with Crippen molar-refractivity contribution in [2.24, 2.45) is 32.9 Å². The second kappa shape index (κ2) is 34.6. The molecule has 3 rings (SSSR count). The van der Waals surface area contributed by atoms with Crippen LogP contribution in [0.5, 0.6) is 23.0 Å². The van der Waals surface area contributed by atoms with Crippen LogP contribution >= 0.6 is 0 Å². The van der Waals surface area contributed by atoms with Crippen LogP contribution in [-0.2, 0) is 32.0 Å². The number of aliphatic imine (C=N–C) groups is 2. The first kappa shape index (κ1) is 65.1. The third-order valence-corrected chi connectivity index (χ3v) is 11.8. The third kappa shape index (κ3) is 23.2. The molecule has 2 atom stereocenters. The molecule has 24 heteroatoms. The highest BCUT2D eigenvalue weighted by molar-refractivity contribution is 5.98. The first-order valence-corrected chi connectivity index (χ1v) is 26.6. The molecule has 0 aliphatic carbocycles. The average molecular weight is 1090 g/mol. The number of aromatic hydroxyl groups is 1. The van der Waals surface area contributed by atoms with E-state index in [2.05, 4.69) is 80.2 Å². The van der Waals surface area contributed by atoms with E-state index >= 15 is 0 Å². The van der Waals surface area contributed by atoms with E-state index in [0.29, 0.717) is 69.8 Å². The van der Waals surface area contributed by atoms with Crippen LogP contribution in [0.4, 0.5) is 0 Å². The molecule has 1 aromatic heterocycles. The molecular formula is C54H88N14O10. The molecule has 0 aliphatic rings. The molecule has 0 aliphatic heterocycles. The molecule has 78 heavy (non-hydrogen) atoms. The van der Waals surface area contributed by atoms with Crippen molar-refractivity contribution in [2.75, 3.05) is 85.8 Å². The SMILES string of the molecule is COc1c(OCC(=O)NC(CCCN=C(N)N)C(=O)NCCNCCNC(C)C)cc2oc3cc(OCC(=O)NC(CCCN=C(N)N)C(=O)NCCNCCNC(C)C)c(CC=C(C)C)c(O)c3c(=O)c2c1CC=C(C)C. The number of phenols is 1. The number of carbonyl (C=O) groups is 4. The Morgan fingerprint density at radius 3 is 1.53 bits per heavy atom. The highest BCUT2D eigenvalue weighted by Crippen LogP contribution is 2.41. The normalized spacial score (nSPS) is 11.9. The minimum Gasteiger partial charge on any atom is -0.507 e. The van der Waals surface area contributed by atoms with Crippen molar-refractivity contribution in [3.05, 3.63) is 56.8 Å². The summed E-state index contributed by atoms with van der Waals surface area (Å²) in [6.07, 6.45) is 5.21. The van der Waals surface area contributed by atoms with Crippen molar-refractivity contribution in [3.8, 4) is 23.0 Å². The first-order chi connectivity index (χ1) is 37.1. The summed E-state index contributed by atoms with van der Waals surface area (Å²) in [5.41, 5.74) is 23.8. The van der Waals surface area contributed by atoms with Crippen molar-refractivity contribution in [1.29, 1.82) is 0 Å². The predicted molar refractivity (Wildman–Crippen MR) is 307 cm³/mol. The molecule has 17 N–H and O–H groups in total. The van der Waals surface area contributed by atoms with Crippen LogP contribution in [0.3, 0.4) is 0 Å². The molecule has 24 nitrogen and oxygen atoms in total. The van der Waals surface area contributed by atoms with Crippen molar-refractivity contribution >= 4 is 57.5 Å². The molecule has 0 fully saturated rings. The Morgan fingerprint density at radius 2 is 1.08 bits per heavy atom. The van der Waals surface area contributed by atoms with Crippen LogP contribution in [0.1, 0.15) is 92.2 Å². The van der Waals surface area contributed by atoms with Crippen LogP contribution in [0.15, 0.2) is 54.6 Å². The van der Waals surface area contributed by atoms with Gasteiger partial charge in [-0.1, -0.05) is 51.0 Å². The average Bonchev–Trinajstić information content (AvgIpc) is 3.38. The highest BCUT2D eigenvalue weighted by Gasteiger charge is 2.27. The summed E-state index contributed by atoms with van der Waals surface area (Å²) in [7, 11) is 1.40. The van der Waals surface area contributed by atoms with Gasteiger partial charge in [0.15, 0.2) is 36.6 Å². The zero-order chi connectivity index (χ0) is 57.7. The number of amides is 4. The first-order valence-electron chi connectivity index (χ1n) is 26.6. The lowest BCUT2D eigenvalue weighted by Gasteiger charge is -2.20. The van der Waals surface area contributed by atoms with Gasteiger partial charge in [-0.25, -0.2) is 0 Å². The topological polar surface area (TPSA) is 371 Å². The van der Waals surface area contributed by atoms with Crippen molar-refractivity contribution < 1.29 is 42.9 Å². The van der Waals surface area contributed by atoms with Crippen LogP contribution in [0.25, 0.3) is 21.9 Å². The van der Waals surface area contributed by atoms with Gasteiger partial charge < -0.3 is 89.2 Å². The Morgan fingerprint density at radius 1 is 0.641 bits per heavy atom. The zero-order valence-corrected chi connectivity index (χ0v) is 47.2. The fourth-order valence-corrected chi connectivity index (χ4v) is 7.91. The lowest BCUT2D eigenvalue weighted by molar-refractivity contribution is -0.130. The summed E-state index contributed by atoms with van der Waals surface area (Å²) in [4.78, 5) is 76.8. The number of nitrogens with one attached hydrogen (secondary N) is 8. The maximum atomic E-state index is 14.8. The number of fused-ring (bicyclic) bond motifs is 2. The van der Waals surface area contributed by atoms with E-state index in [4.69, 9.17) is 41.6 Å². The van der Waals surface area contributed by atoms with Gasteiger partial charge in [-0.3, -0.25) is 34.0 Å². The monoisotopic (exact) mass is 1090 g/mol. The van der Waals surface area contributed by atoms with Gasteiger partial charge in [0.25, 0.3) is 11.8 Å². The molecule has 0 radical (unpaired) electrons. The molecule has 0 spiro atoms. The number of rotatable bonds is 37. The fraction of sp³-hybridized carbons (Fsp3) is 0.574. The van der Waals surface area contributed by atoms with E-state index in [0.717, 1.165) is 24.2 Å². The highest BCUT2D eigenvalue weighted by atomic mass is 16.5. The largest absolute Gasteiger partial charge is 0.507 e. The number of hydrogen-bond acceptors (Lipinski definition) is 16.